The molecule has 4 aromatic rings. The number of amides is 2. The van der Waals surface area contributed by atoms with Crippen LogP contribution in [0.1, 0.15) is 46.6 Å². The number of hydrogen-bond acceptors (Lipinski definition) is 4. The van der Waals surface area contributed by atoms with Gasteiger partial charge in [-0.15, -0.1) is 0 Å². The number of benzene rings is 3. The van der Waals surface area contributed by atoms with Crippen LogP contribution in [-0.2, 0) is 11.2 Å². The number of carbonyl (C=O) groups excluding carboxylic acids is 2. The molecular formula is C30H26ClFN2O4. The molecule has 0 spiro atoms. The Morgan fingerprint density at radius 2 is 1.92 bits per heavy atom. The molecule has 1 aliphatic rings. The summed E-state index contributed by atoms with van der Waals surface area (Å²) in [7, 11) is 0. The van der Waals surface area contributed by atoms with Crippen molar-refractivity contribution in [3.8, 4) is 5.75 Å². The highest BCUT2D eigenvalue weighted by atomic mass is 35.5. The monoisotopic (exact) mass is 532 g/mol. The van der Waals surface area contributed by atoms with Crippen molar-refractivity contribution in [1.29, 1.82) is 0 Å². The predicted octanol–water partition coefficient (Wildman–Crippen LogP) is 6.66. The summed E-state index contributed by atoms with van der Waals surface area (Å²) in [6.45, 7) is 2.33. The van der Waals surface area contributed by atoms with Crippen molar-refractivity contribution in [1.82, 2.24) is 4.90 Å². The number of nitrogens with one attached hydrogen (secondary N) is 1. The fourth-order valence-electron chi connectivity index (χ4n) is 4.71. The van der Waals surface area contributed by atoms with E-state index in [1.165, 1.54) is 18.4 Å². The van der Waals surface area contributed by atoms with Crippen molar-refractivity contribution < 1.29 is 23.1 Å². The van der Waals surface area contributed by atoms with Gasteiger partial charge in [-0.25, -0.2) is 4.39 Å². The molecule has 2 atom stereocenters. The molecular weight excluding hydrogens is 507 g/mol. The van der Waals surface area contributed by atoms with E-state index in [9.17, 15) is 14.0 Å². The standard InChI is InChI=1S/C30H26ClFN2O4/c1-2-26(29(35)33-23-6-3-5-21(31)17-23)38-24-13-10-19-14-15-34(30(36)27-7-4-16-37-27)28(25(19)18-24)20-8-11-22(32)12-9-20/h3-13,16-18,26,28H,2,14-15H2,1H3,(H,33,35). The predicted molar refractivity (Wildman–Crippen MR) is 143 cm³/mol. The molecule has 0 saturated carbocycles. The van der Waals surface area contributed by atoms with Gasteiger partial charge >= 0.3 is 0 Å². The summed E-state index contributed by atoms with van der Waals surface area (Å²) in [4.78, 5) is 28.1. The van der Waals surface area contributed by atoms with Crippen LogP contribution in [0.25, 0.3) is 0 Å². The molecule has 5 rings (SSSR count). The lowest BCUT2D eigenvalue weighted by atomic mass is 9.87. The van der Waals surface area contributed by atoms with E-state index in [0.29, 0.717) is 35.8 Å². The van der Waals surface area contributed by atoms with Crippen molar-refractivity contribution in [3.63, 3.8) is 0 Å². The van der Waals surface area contributed by atoms with Crippen molar-refractivity contribution in [3.05, 3.63) is 118 Å². The highest BCUT2D eigenvalue weighted by molar-refractivity contribution is 6.30. The SMILES string of the molecule is CCC(Oc1ccc2c(c1)C(c1ccc(F)cc1)N(C(=O)c1ccco1)CC2)C(=O)Nc1cccc(Cl)c1. The summed E-state index contributed by atoms with van der Waals surface area (Å²) < 4.78 is 25.3. The van der Waals surface area contributed by atoms with Crippen LogP contribution in [0.4, 0.5) is 10.1 Å². The molecule has 1 aliphatic heterocycles. The van der Waals surface area contributed by atoms with E-state index >= 15 is 0 Å². The second kappa shape index (κ2) is 11.1. The number of furan rings is 1. The van der Waals surface area contributed by atoms with Crippen LogP contribution in [0.15, 0.2) is 89.5 Å². The third-order valence-electron chi connectivity index (χ3n) is 6.56. The highest BCUT2D eigenvalue weighted by Gasteiger charge is 2.34. The maximum Gasteiger partial charge on any atom is 0.290 e. The highest BCUT2D eigenvalue weighted by Crippen LogP contribution is 2.38. The topological polar surface area (TPSA) is 71.8 Å². The van der Waals surface area contributed by atoms with Gasteiger partial charge in [0.15, 0.2) is 11.9 Å². The quantitative estimate of drug-likeness (QED) is 0.289. The zero-order valence-electron chi connectivity index (χ0n) is 20.7. The number of carbonyl (C=O) groups is 2. The van der Waals surface area contributed by atoms with Crippen molar-refractivity contribution in [2.24, 2.45) is 0 Å². The van der Waals surface area contributed by atoms with E-state index in [0.717, 1.165) is 16.7 Å². The number of rotatable bonds is 7. The molecule has 0 aliphatic carbocycles. The van der Waals surface area contributed by atoms with E-state index in [1.807, 2.05) is 25.1 Å². The molecule has 2 heterocycles. The van der Waals surface area contributed by atoms with E-state index in [1.54, 1.807) is 53.4 Å². The molecule has 3 aromatic carbocycles. The summed E-state index contributed by atoms with van der Waals surface area (Å²) in [5.74, 6) is -0.180. The Labute approximate surface area is 225 Å². The second-order valence-electron chi connectivity index (χ2n) is 9.05. The molecule has 0 radical (unpaired) electrons. The van der Waals surface area contributed by atoms with Gasteiger partial charge in [-0.3, -0.25) is 9.59 Å². The first-order valence-corrected chi connectivity index (χ1v) is 12.8. The largest absolute Gasteiger partial charge is 0.481 e. The molecule has 0 saturated heterocycles. The molecule has 1 N–H and O–H groups in total. The number of fused-ring (bicyclic) bond motifs is 1. The van der Waals surface area contributed by atoms with Crippen LogP contribution in [0.5, 0.6) is 5.75 Å². The van der Waals surface area contributed by atoms with Crippen LogP contribution in [0, 0.1) is 5.82 Å². The summed E-state index contributed by atoms with van der Waals surface area (Å²) >= 11 is 6.04. The smallest absolute Gasteiger partial charge is 0.290 e. The molecule has 8 heteroatoms. The minimum atomic E-state index is -0.749. The Hall–Kier alpha value is -4.10. The number of anilines is 1. The molecule has 6 nitrogen and oxygen atoms in total. The minimum Gasteiger partial charge on any atom is -0.481 e. The van der Waals surface area contributed by atoms with Gasteiger partial charge in [-0.05, 0) is 84.1 Å². The Morgan fingerprint density at radius 3 is 2.63 bits per heavy atom. The average molecular weight is 533 g/mol. The Morgan fingerprint density at radius 1 is 1.11 bits per heavy atom. The van der Waals surface area contributed by atoms with Gasteiger partial charge in [-0.1, -0.05) is 42.8 Å². The Balaban J connectivity index is 1.45. The lowest BCUT2D eigenvalue weighted by Gasteiger charge is -2.37. The number of ether oxygens (including phenoxy) is 1. The molecule has 194 valence electrons. The fraction of sp³-hybridized carbons (Fsp3) is 0.200. The van der Waals surface area contributed by atoms with E-state index in [2.05, 4.69) is 5.32 Å². The van der Waals surface area contributed by atoms with Gasteiger partial charge in [0.2, 0.25) is 0 Å². The lowest BCUT2D eigenvalue weighted by Crippen LogP contribution is -2.40. The maximum atomic E-state index is 13.8. The van der Waals surface area contributed by atoms with Crippen molar-refractivity contribution in [2.75, 3.05) is 11.9 Å². The molecule has 2 unspecified atom stereocenters. The number of nitrogens with zero attached hydrogens (tertiary/aromatic N) is 1. The first-order valence-electron chi connectivity index (χ1n) is 12.4. The average Bonchev–Trinajstić information content (AvgIpc) is 3.46. The number of halogens is 2. The van der Waals surface area contributed by atoms with E-state index in [4.69, 9.17) is 20.8 Å². The van der Waals surface area contributed by atoms with Crippen LogP contribution in [0.3, 0.4) is 0 Å². The van der Waals surface area contributed by atoms with Crippen LogP contribution >= 0.6 is 11.6 Å². The molecule has 0 bridgehead atoms. The second-order valence-corrected chi connectivity index (χ2v) is 9.49. The maximum absolute atomic E-state index is 13.8. The molecule has 0 fully saturated rings. The van der Waals surface area contributed by atoms with Gasteiger partial charge in [-0.2, -0.15) is 0 Å². The van der Waals surface area contributed by atoms with Gasteiger partial charge in [0.1, 0.15) is 11.6 Å². The van der Waals surface area contributed by atoms with Gasteiger partial charge in [0, 0.05) is 17.3 Å². The molecule has 1 aromatic heterocycles. The van der Waals surface area contributed by atoms with Gasteiger partial charge in [0.05, 0.1) is 12.3 Å². The summed E-state index contributed by atoms with van der Waals surface area (Å²) in [5.41, 5.74) is 3.24. The minimum absolute atomic E-state index is 0.233. The summed E-state index contributed by atoms with van der Waals surface area (Å²) in [6, 6.07) is 21.5. The first kappa shape index (κ1) is 25.5. The van der Waals surface area contributed by atoms with Gasteiger partial charge in [0.25, 0.3) is 11.8 Å². The number of hydrogen-bond donors (Lipinski definition) is 1. The zero-order chi connectivity index (χ0) is 26.6. The normalized spacial score (nSPS) is 15.4. The van der Waals surface area contributed by atoms with Gasteiger partial charge < -0.3 is 19.4 Å². The van der Waals surface area contributed by atoms with Crippen LogP contribution in [-0.4, -0.2) is 29.4 Å². The molecule has 38 heavy (non-hydrogen) atoms. The lowest BCUT2D eigenvalue weighted by molar-refractivity contribution is -0.122. The fourth-order valence-corrected chi connectivity index (χ4v) is 4.90. The van der Waals surface area contributed by atoms with Crippen molar-refractivity contribution in [2.45, 2.75) is 31.9 Å². The van der Waals surface area contributed by atoms with Crippen molar-refractivity contribution >= 4 is 29.1 Å². The zero-order valence-corrected chi connectivity index (χ0v) is 21.5. The van der Waals surface area contributed by atoms with E-state index in [-0.39, 0.29) is 23.4 Å². The first-order chi connectivity index (χ1) is 18.4. The Kier molecular flexibility index (Phi) is 7.47. The van der Waals surface area contributed by atoms with E-state index < -0.39 is 12.1 Å². The molecule has 2 amide bonds. The third-order valence-corrected chi connectivity index (χ3v) is 6.79. The Bertz CT molecular complexity index is 1440. The summed E-state index contributed by atoms with van der Waals surface area (Å²) in [6.07, 6.45) is 1.78. The third kappa shape index (κ3) is 5.43. The van der Waals surface area contributed by atoms with Crippen LogP contribution < -0.4 is 10.1 Å². The van der Waals surface area contributed by atoms with Crippen LogP contribution in [0.2, 0.25) is 5.02 Å². The summed E-state index contributed by atoms with van der Waals surface area (Å²) in [5, 5.41) is 3.37.